The maximum atomic E-state index is 13.3. The predicted molar refractivity (Wildman–Crippen MR) is 103 cm³/mol. The molecule has 152 valence electrons. The van der Waals surface area contributed by atoms with Gasteiger partial charge in [-0.3, -0.25) is 4.79 Å². The molecular weight excluding hydrogens is 388 g/mol. The van der Waals surface area contributed by atoms with Crippen LogP contribution >= 0.6 is 0 Å². The number of hydrogen-bond donors (Lipinski definition) is 2. The van der Waals surface area contributed by atoms with E-state index in [0.29, 0.717) is 16.8 Å². The van der Waals surface area contributed by atoms with Crippen LogP contribution in [0.4, 0.5) is 14.5 Å². The normalized spacial score (nSPS) is 12.8. The average Bonchev–Trinajstić information content (AvgIpc) is 2.63. The number of carbonyl (C=O) groups is 1. The summed E-state index contributed by atoms with van der Waals surface area (Å²) in [5.41, 5.74) is 1.59. The van der Waals surface area contributed by atoms with Gasteiger partial charge in [0.1, 0.15) is 0 Å². The van der Waals surface area contributed by atoms with Crippen molar-refractivity contribution in [2.75, 3.05) is 26.0 Å². The molecule has 0 aliphatic rings. The number of halogens is 2. The lowest BCUT2D eigenvalue weighted by Gasteiger charge is -2.16. The molecule has 0 saturated carbocycles. The zero-order valence-electron chi connectivity index (χ0n) is 16.1. The average molecular weight is 411 g/mol. The Bertz CT molecular complexity index is 978. The van der Waals surface area contributed by atoms with Gasteiger partial charge >= 0.3 is 0 Å². The Morgan fingerprint density at radius 3 is 2.39 bits per heavy atom. The lowest BCUT2D eigenvalue weighted by Crippen LogP contribution is -2.30. The molecule has 0 saturated heterocycles. The highest BCUT2D eigenvalue weighted by molar-refractivity contribution is 7.89. The van der Waals surface area contributed by atoms with Gasteiger partial charge in [0.15, 0.2) is 11.6 Å². The summed E-state index contributed by atoms with van der Waals surface area (Å²) >= 11 is 0. The summed E-state index contributed by atoms with van der Waals surface area (Å²) in [6, 6.07) is 7.65. The third-order valence-corrected chi connectivity index (χ3v) is 6.09. The van der Waals surface area contributed by atoms with Crippen LogP contribution in [0.2, 0.25) is 0 Å². The first-order chi connectivity index (χ1) is 13.0. The minimum absolute atomic E-state index is 0.0708. The Morgan fingerprint density at radius 1 is 1.11 bits per heavy atom. The number of hydrogen-bond acceptors (Lipinski definition) is 4. The van der Waals surface area contributed by atoms with Crippen LogP contribution in [0.3, 0.4) is 0 Å². The van der Waals surface area contributed by atoms with E-state index in [4.69, 9.17) is 0 Å². The Balaban J connectivity index is 2.05. The van der Waals surface area contributed by atoms with Crippen molar-refractivity contribution in [2.45, 2.75) is 24.8 Å². The number of anilines is 1. The summed E-state index contributed by atoms with van der Waals surface area (Å²) in [4.78, 5) is 12.3. The first-order valence-corrected chi connectivity index (χ1v) is 9.97. The molecule has 0 aliphatic carbocycles. The number of aryl methyl sites for hydroxylation is 1. The Morgan fingerprint density at radius 2 is 1.79 bits per heavy atom. The second-order valence-electron chi connectivity index (χ2n) is 6.59. The molecule has 0 unspecified atom stereocenters. The van der Waals surface area contributed by atoms with E-state index in [1.54, 1.807) is 19.9 Å². The number of carbonyl (C=O) groups excluding carboxylic acids is 1. The summed E-state index contributed by atoms with van der Waals surface area (Å²) in [5, 5.41) is 5.59. The minimum atomic E-state index is -3.62. The number of rotatable bonds is 7. The van der Waals surface area contributed by atoms with Gasteiger partial charge in [0, 0.05) is 25.8 Å². The third kappa shape index (κ3) is 5.12. The third-order valence-electron chi connectivity index (χ3n) is 4.27. The first kappa shape index (κ1) is 21.9. The monoisotopic (exact) mass is 411 g/mol. The second-order valence-corrected chi connectivity index (χ2v) is 8.74. The largest absolute Gasteiger partial charge is 0.325 e. The van der Waals surface area contributed by atoms with Crippen LogP contribution in [0, 0.1) is 18.6 Å². The van der Waals surface area contributed by atoms with E-state index in [2.05, 4.69) is 10.6 Å². The van der Waals surface area contributed by atoms with Gasteiger partial charge in [-0.15, -0.1) is 0 Å². The molecule has 9 heteroatoms. The summed E-state index contributed by atoms with van der Waals surface area (Å²) in [6.45, 7) is 3.37. The first-order valence-electron chi connectivity index (χ1n) is 8.53. The van der Waals surface area contributed by atoms with Crippen LogP contribution in [0.1, 0.15) is 24.1 Å². The molecule has 1 atom stereocenters. The fourth-order valence-electron chi connectivity index (χ4n) is 2.45. The molecule has 0 fully saturated rings. The molecule has 6 nitrogen and oxygen atoms in total. The molecule has 28 heavy (non-hydrogen) atoms. The molecule has 2 N–H and O–H groups in total. The molecule has 1 amide bonds. The topological polar surface area (TPSA) is 78.5 Å². The fourth-order valence-corrected chi connectivity index (χ4v) is 3.38. The van der Waals surface area contributed by atoms with Crippen LogP contribution in [0.25, 0.3) is 0 Å². The highest BCUT2D eigenvalue weighted by atomic mass is 32.2. The van der Waals surface area contributed by atoms with Crippen LogP contribution in [-0.2, 0) is 14.8 Å². The van der Waals surface area contributed by atoms with Crippen molar-refractivity contribution in [3.05, 3.63) is 59.2 Å². The van der Waals surface area contributed by atoms with Gasteiger partial charge in [-0.2, -0.15) is 0 Å². The maximum Gasteiger partial charge on any atom is 0.242 e. The van der Waals surface area contributed by atoms with Crippen molar-refractivity contribution in [1.82, 2.24) is 9.62 Å². The van der Waals surface area contributed by atoms with Gasteiger partial charge in [0.05, 0.1) is 11.4 Å². The van der Waals surface area contributed by atoms with Crippen molar-refractivity contribution >= 4 is 21.6 Å². The van der Waals surface area contributed by atoms with Crippen molar-refractivity contribution < 1.29 is 22.0 Å². The summed E-state index contributed by atoms with van der Waals surface area (Å²) in [7, 11) is -0.766. The Hall–Kier alpha value is -2.36. The van der Waals surface area contributed by atoms with E-state index in [-0.39, 0.29) is 17.5 Å². The maximum absolute atomic E-state index is 13.3. The molecule has 0 spiro atoms. The molecule has 0 heterocycles. The Labute approximate surface area is 163 Å². The van der Waals surface area contributed by atoms with Gasteiger partial charge in [-0.25, -0.2) is 21.5 Å². The van der Waals surface area contributed by atoms with E-state index >= 15 is 0 Å². The molecule has 2 aromatic carbocycles. The molecule has 2 rings (SSSR count). The van der Waals surface area contributed by atoms with Gasteiger partial charge in [0.25, 0.3) is 0 Å². The second kappa shape index (κ2) is 8.76. The zero-order chi connectivity index (χ0) is 21.1. The van der Waals surface area contributed by atoms with E-state index < -0.39 is 27.6 Å². The molecule has 0 radical (unpaired) electrons. The summed E-state index contributed by atoms with van der Waals surface area (Å²) < 4.78 is 51.9. The number of amides is 1. The van der Waals surface area contributed by atoms with E-state index in [9.17, 15) is 22.0 Å². The molecular formula is C19H23F2N3O3S. The van der Waals surface area contributed by atoms with Crippen molar-refractivity contribution in [3.8, 4) is 0 Å². The summed E-state index contributed by atoms with van der Waals surface area (Å²) in [5.74, 6) is -2.28. The minimum Gasteiger partial charge on any atom is -0.325 e. The number of benzene rings is 2. The lowest BCUT2D eigenvalue weighted by atomic mass is 10.1. The van der Waals surface area contributed by atoms with E-state index in [0.717, 1.165) is 16.4 Å². The van der Waals surface area contributed by atoms with Crippen LogP contribution < -0.4 is 10.6 Å². The van der Waals surface area contributed by atoms with Gasteiger partial charge in [0.2, 0.25) is 15.9 Å². The van der Waals surface area contributed by atoms with E-state index in [1.807, 2.05) is 0 Å². The smallest absolute Gasteiger partial charge is 0.242 e. The van der Waals surface area contributed by atoms with Crippen LogP contribution in [0.5, 0.6) is 0 Å². The van der Waals surface area contributed by atoms with Gasteiger partial charge in [-0.05, 0) is 49.2 Å². The number of sulfonamides is 1. The van der Waals surface area contributed by atoms with E-state index in [1.165, 1.54) is 32.3 Å². The van der Waals surface area contributed by atoms with Crippen molar-refractivity contribution in [1.29, 1.82) is 0 Å². The predicted octanol–water partition coefficient (Wildman–Crippen LogP) is 2.81. The zero-order valence-corrected chi connectivity index (χ0v) is 16.9. The quantitative estimate of drug-likeness (QED) is 0.735. The van der Waals surface area contributed by atoms with Crippen molar-refractivity contribution in [3.63, 3.8) is 0 Å². The number of nitrogens with zero attached hydrogens (tertiary/aromatic N) is 1. The van der Waals surface area contributed by atoms with Crippen LogP contribution in [-0.4, -0.2) is 39.3 Å². The van der Waals surface area contributed by atoms with Gasteiger partial charge in [-0.1, -0.05) is 12.1 Å². The van der Waals surface area contributed by atoms with Crippen LogP contribution in [0.15, 0.2) is 41.3 Å². The standard InChI is InChI=1S/C19H23F2N3O3S/c1-12-5-7-15(28(26,27)24(3)4)10-18(12)23-19(25)11-22-13(2)14-6-8-16(20)17(21)9-14/h5-10,13,22H,11H2,1-4H3,(H,23,25)/t13-/m1/s1. The molecule has 0 aromatic heterocycles. The lowest BCUT2D eigenvalue weighted by molar-refractivity contribution is -0.115. The fraction of sp³-hybridized carbons (Fsp3) is 0.316. The summed E-state index contributed by atoms with van der Waals surface area (Å²) in [6.07, 6.45) is 0. The van der Waals surface area contributed by atoms with Gasteiger partial charge < -0.3 is 10.6 Å². The highest BCUT2D eigenvalue weighted by Crippen LogP contribution is 2.22. The number of nitrogens with one attached hydrogen (secondary N) is 2. The molecule has 0 aliphatic heterocycles. The highest BCUT2D eigenvalue weighted by Gasteiger charge is 2.19. The molecule has 0 bridgehead atoms. The van der Waals surface area contributed by atoms with Crippen molar-refractivity contribution in [2.24, 2.45) is 0 Å². The molecule has 2 aromatic rings. The Kier molecular flexibility index (Phi) is 6.87. The SMILES string of the molecule is Cc1ccc(S(=O)(=O)N(C)C)cc1NC(=O)CN[C@H](C)c1ccc(F)c(F)c1.